The molecule has 3 rings (SSSR count). The number of nitrogens with one attached hydrogen (secondary N) is 1. The number of carbonyl (C=O) groups is 1. The Hall–Kier alpha value is -1.40. The Morgan fingerprint density at radius 3 is 2.78 bits per heavy atom. The Bertz CT molecular complexity index is 624. The Labute approximate surface area is 145 Å². The molecule has 0 saturated heterocycles. The lowest BCUT2D eigenvalue weighted by Crippen LogP contribution is -2.12. The van der Waals surface area contributed by atoms with E-state index in [-0.39, 0.29) is 5.91 Å². The van der Waals surface area contributed by atoms with E-state index < -0.39 is 0 Å². The van der Waals surface area contributed by atoms with E-state index >= 15 is 0 Å². The van der Waals surface area contributed by atoms with Crippen molar-refractivity contribution in [2.75, 3.05) is 5.32 Å². The lowest BCUT2D eigenvalue weighted by atomic mass is 10.0. The molecule has 0 bridgehead atoms. The fourth-order valence-electron chi connectivity index (χ4n) is 2.85. The van der Waals surface area contributed by atoms with E-state index in [0.29, 0.717) is 11.6 Å². The Morgan fingerprint density at radius 1 is 1.22 bits per heavy atom. The van der Waals surface area contributed by atoms with E-state index in [2.05, 4.69) is 27.6 Å². The molecule has 1 aliphatic rings. The second-order valence-electron chi connectivity index (χ2n) is 5.88. The summed E-state index contributed by atoms with van der Waals surface area (Å²) in [5, 5.41) is 11.7. The third kappa shape index (κ3) is 5.32. The normalized spacial score (nSPS) is 15.0. The molecule has 4 nitrogen and oxygen atoms in total. The van der Waals surface area contributed by atoms with E-state index in [4.69, 9.17) is 0 Å². The number of thioether (sulfide) groups is 1. The molecule has 6 heteroatoms. The van der Waals surface area contributed by atoms with Crippen LogP contribution in [0.3, 0.4) is 0 Å². The molecule has 0 radical (unpaired) electrons. The zero-order valence-corrected chi connectivity index (χ0v) is 14.7. The summed E-state index contributed by atoms with van der Waals surface area (Å²) >= 11 is 3.10. The van der Waals surface area contributed by atoms with Crippen molar-refractivity contribution in [1.82, 2.24) is 10.2 Å². The number of hydrogen-bond donors (Lipinski definition) is 1. The Balaban J connectivity index is 1.42. The van der Waals surface area contributed by atoms with Crippen LogP contribution < -0.4 is 5.32 Å². The second kappa shape index (κ2) is 8.45. The zero-order chi connectivity index (χ0) is 15.9. The molecule has 1 aliphatic carbocycles. The van der Waals surface area contributed by atoms with Gasteiger partial charge in [0.2, 0.25) is 11.0 Å². The number of aromatic nitrogens is 2. The van der Waals surface area contributed by atoms with Gasteiger partial charge >= 0.3 is 0 Å². The number of benzene rings is 1. The molecule has 0 unspecified atom stereocenters. The van der Waals surface area contributed by atoms with E-state index in [1.807, 2.05) is 18.2 Å². The molecule has 1 aromatic heterocycles. The summed E-state index contributed by atoms with van der Waals surface area (Å²) in [5.74, 6) is 1.67. The third-order valence-corrected chi connectivity index (χ3v) is 6.16. The van der Waals surface area contributed by atoms with Gasteiger partial charge in [0.05, 0.1) is 0 Å². The highest BCUT2D eigenvalue weighted by Crippen LogP contribution is 2.30. The number of rotatable bonds is 7. The minimum atomic E-state index is 0.0626. The van der Waals surface area contributed by atoms with Gasteiger partial charge in [0.25, 0.3) is 0 Å². The van der Waals surface area contributed by atoms with Crippen molar-refractivity contribution < 1.29 is 4.79 Å². The number of anilines is 1. The van der Waals surface area contributed by atoms with Gasteiger partial charge in [-0.25, -0.2) is 0 Å². The van der Waals surface area contributed by atoms with Crippen LogP contribution in [0.1, 0.15) is 44.1 Å². The smallest absolute Gasteiger partial charge is 0.226 e. The maximum atomic E-state index is 12.0. The molecule has 1 saturated carbocycles. The molecular weight excluding hydrogens is 326 g/mol. The Kier molecular flexibility index (Phi) is 6.05. The quantitative estimate of drug-likeness (QED) is 0.580. The van der Waals surface area contributed by atoms with E-state index in [1.54, 1.807) is 11.8 Å². The molecule has 0 spiro atoms. The molecule has 1 fully saturated rings. The predicted molar refractivity (Wildman–Crippen MR) is 95.7 cm³/mol. The van der Waals surface area contributed by atoms with Gasteiger partial charge in [-0.2, -0.15) is 0 Å². The number of carbonyl (C=O) groups excluding carboxylic acids is 1. The first-order valence-electron chi connectivity index (χ1n) is 8.09. The summed E-state index contributed by atoms with van der Waals surface area (Å²) in [4.78, 5) is 12.0. The molecule has 23 heavy (non-hydrogen) atoms. The fraction of sp³-hybridized carbons (Fsp3) is 0.471. The summed E-state index contributed by atoms with van der Waals surface area (Å²) < 4.78 is 0.889. The van der Waals surface area contributed by atoms with Crippen molar-refractivity contribution in [3.63, 3.8) is 0 Å². The van der Waals surface area contributed by atoms with Crippen molar-refractivity contribution in [3.05, 3.63) is 35.9 Å². The lowest BCUT2D eigenvalue weighted by Gasteiger charge is -2.07. The van der Waals surface area contributed by atoms with Gasteiger partial charge in [0, 0.05) is 12.2 Å². The van der Waals surface area contributed by atoms with Crippen LogP contribution in [-0.2, 0) is 10.5 Å². The Morgan fingerprint density at radius 2 is 2.00 bits per heavy atom. The predicted octanol–water partition coefficient (Wildman–Crippen LogP) is 4.74. The molecule has 122 valence electrons. The molecular formula is C17H21N3OS2. The van der Waals surface area contributed by atoms with Gasteiger partial charge in [-0.05, 0) is 17.9 Å². The van der Waals surface area contributed by atoms with Crippen molar-refractivity contribution in [2.45, 2.75) is 48.6 Å². The van der Waals surface area contributed by atoms with Crippen LogP contribution >= 0.6 is 23.1 Å². The maximum absolute atomic E-state index is 12.0. The zero-order valence-electron chi connectivity index (χ0n) is 13.0. The summed E-state index contributed by atoms with van der Waals surface area (Å²) in [7, 11) is 0. The number of hydrogen-bond acceptors (Lipinski definition) is 5. The van der Waals surface area contributed by atoms with Crippen LogP contribution in [0.2, 0.25) is 0 Å². The monoisotopic (exact) mass is 347 g/mol. The van der Waals surface area contributed by atoms with Gasteiger partial charge in [0.15, 0.2) is 4.34 Å². The summed E-state index contributed by atoms with van der Waals surface area (Å²) in [6.07, 6.45) is 6.81. The van der Waals surface area contributed by atoms with Gasteiger partial charge in [-0.1, -0.05) is 79.1 Å². The van der Waals surface area contributed by atoms with Gasteiger partial charge in [-0.3, -0.25) is 4.79 Å². The average Bonchev–Trinajstić information content (AvgIpc) is 3.24. The fourth-order valence-corrected chi connectivity index (χ4v) is 4.58. The first kappa shape index (κ1) is 16.5. The van der Waals surface area contributed by atoms with Crippen LogP contribution in [0, 0.1) is 5.92 Å². The third-order valence-electron chi connectivity index (χ3n) is 4.11. The first-order valence-corrected chi connectivity index (χ1v) is 9.90. The van der Waals surface area contributed by atoms with Gasteiger partial charge in [-0.15, -0.1) is 10.2 Å². The van der Waals surface area contributed by atoms with Crippen LogP contribution in [0.5, 0.6) is 0 Å². The molecule has 2 aromatic rings. The maximum Gasteiger partial charge on any atom is 0.226 e. The molecule has 0 atom stereocenters. The van der Waals surface area contributed by atoms with Crippen LogP contribution in [0.15, 0.2) is 34.7 Å². The van der Waals surface area contributed by atoms with Crippen LogP contribution in [-0.4, -0.2) is 16.1 Å². The van der Waals surface area contributed by atoms with Gasteiger partial charge in [0.1, 0.15) is 0 Å². The average molecular weight is 348 g/mol. The largest absolute Gasteiger partial charge is 0.301 e. The summed E-state index contributed by atoms with van der Waals surface area (Å²) in [6, 6.07) is 10.3. The van der Waals surface area contributed by atoms with E-state index in [0.717, 1.165) is 22.4 Å². The highest BCUT2D eigenvalue weighted by molar-refractivity contribution is 8.00. The summed E-state index contributed by atoms with van der Waals surface area (Å²) in [6.45, 7) is 0. The molecule has 1 heterocycles. The molecule has 1 amide bonds. The van der Waals surface area contributed by atoms with Crippen LogP contribution in [0.25, 0.3) is 0 Å². The van der Waals surface area contributed by atoms with Crippen molar-refractivity contribution in [1.29, 1.82) is 0 Å². The lowest BCUT2D eigenvalue weighted by molar-refractivity contribution is -0.116. The first-order chi connectivity index (χ1) is 11.3. The summed E-state index contributed by atoms with van der Waals surface area (Å²) in [5.41, 5.74) is 1.26. The topological polar surface area (TPSA) is 54.9 Å². The highest BCUT2D eigenvalue weighted by Gasteiger charge is 2.16. The second-order valence-corrected chi connectivity index (χ2v) is 8.08. The standard InChI is InChI=1S/C17H21N3OS2/c21-15(11-10-13-6-4-5-7-13)18-16-19-20-17(23-16)22-12-14-8-2-1-3-9-14/h1-3,8-9,13H,4-7,10-12H2,(H,18,19,21). The SMILES string of the molecule is O=C(CCC1CCCC1)Nc1nnc(SCc2ccccc2)s1. The molecule has 1 N–H and O–H groups in total. The minimum absolute atomic E-state index is 0.0626. The number of amides is 1. The van der Waals surface area contributed by atoms with Crippen LogP contribution in [0.4, 0.5) is 5.13 Å². The minimum Gasteiger partial charge on any atom is -0.301 e. The van der Waals surface area contributed by atoms with E-state index in [1.165, 1.54) is 42.6 Å². The van der Waals surface area contributed by atoms with Crippen molar-refractivity contribution in [3.8, 4) is 0 Å². The molecule has 1 aromatic carbocycles. The highest BCUT2D eigenvalue weighted by atomic mass is 32.2. The van der Waals surface area contributed by atoms with Crippen molar-refractivity contribution in [2.24, 2.45) is 5.92 Å². The van der Waals surface area contributed by atoms with Gasteiger partial charge < -0.3 is 5.32 Å². The number of nitrogens with zero attached hydrogens (tertiary/aromatic N) is 2. The van der Waals surface area contributed by atoms with E-state index in [9.17, 15) is 4.79 Å². The molecule has 0 aliphatic heterocycles. The van der Waals surface area contributed by atoms with Crippen molar-refractivity contribution >= 4 is 34.1 Å².